The number of carbonyl (C=O) groups excluding carboxylic acids is 2. The van der Waals surface area contributed by atoms with Gasteiger partial charge in [-0.05, 0) is 57.4 Å². The maximum Gasteiger partial charge on any atom is 0.307 e. The van der Waals surface area contributed by atoms with Gasteiger partial charge in [-0.1, -0.05) is 12.8 Å². The zero-order valence-electron chi connectivity index (χ0n) is 15.5. The molecule has 0 unspecified atom stereocenters. The maximum absolute atomic E-state index is 12.7. The molecule has 140 valence electrons. The highest BCUT2D eigenvalue weighted by atomic mass is 16.4. The van der Waals surface area contributed by atoms with Gasteiger partial charge in [0, 0.05) is 17.9 Å². The Labute approximate surface area is 153 Å². The Balaban J connectivity index is 1.84. The van der Waals surface area contributed by atoms with Crippen LogP contribution in [0.1, 0.15) is 52.0 Å². The second kappa shape index (κ2) is 6.74. The van der Waals surface area contributed by atoms with E-state index in [2.05, 4.69) is 5.32 Å². The number of benzene rings is 1. The predicted molar refractivity (Wildman–Crippen MR) is 99.2 cm³/mol. The number of aliphatic carboxylic acids is 1. The van der Waals surface area contributed by atoms with Crippen molar-refractivity contribution in [3.63, 3.8) is 0 Å². The highest BCUT2D eigenvalue weighted by Gasteiger charge is 2.43. The number of anilines is 2. The number of hydrogen-bond donors (Lipinski definition) is 2. The summed E-state index contributed by atoms with van der Waals surface area (Å²) in [7, 11) is 0. The summed E-state index contributed by atoms with van der Waals surface area (Å²) in [6.07, 6.45) is 2.87. The second-order valence-electron chi connectivity index (χ2n) is 7.73. The lowest BCUT2D eigenvalue weighted by atomic mass is 9.78. The molecule has 6 heteroatoms. The topological polar surface area (TPSA) is 86.7 Å². The van der Waals surface area contributed by atoms with Gasteiger partial charge in [0.15, 0.2) is 0 Å². The van der Waals surface area contributed by atoms with Crippen molar-refractivity contribution in [2.45, 2.75) is 51.9 Å². The fourth-order valence-corrected chi connectivity index (χ4v) is 4.20. The molecule has 0 saturated heterocycles. The Morgan fingerprint density at radius 3 is 2.50 bits per heavy atom. The molecule has 0 spiro atoms. The molecular weight excluding hydrogens is 332 g/mol. The van der Waals surface area contributed by atoms with E-state index in [1.54, 1.807) is 11.0 Å². The summed E-state index contributed by atoms with van der Waals surface area (Å²) < 4.78 is 0. The van der Waals surface area contributed by atoms with Gasteiger partial charge in [-0.3, -0.25) is 14.4 Å². The Bertz CT molecular complexity index is 756. The molecule has 0 radical (unpaired) electrons. The highest BCUT2D eigenvalue weighted by Crippen LogP contribution is 2.42. The van der Waals surface area contributed by atoms with Crippen LogP contribution in [-0.4, -0.2) is 29.4 Å². The van der Waals surface area contributed by atoms with Crippen LogP contribution < -0.4 is 10.2 Å². The van der Waals surface area contributed by atoms with E-state index in [4.69, 9.17) is 0 Å². The zero-order chi connectivity index (χ0) is 19.1. The predicted octanol–water partition coefficient (Wildman–Crippen LogP) is 3.16. The van der Waals surface area contributed by atoms with E-state index in [9.17, 15) is 19.5 Å². The van der Waals surface area contributed by atoms with E-state index in [1.165, 1.54) is 0 Å². The fraction of sp³-hybridized carbons (Fsp3) is 0.550. The Kier molecular flexibility index (Phi) is 4.78. The van der Waals surface area contributed by atoms with Gasteiger partial charge >= 0.3 is 5.97 Å². The van der Waals surface area contributed by atoms with Crippen LogP contribution in [0.2, 0.25) is 0 Å². The fourth-order valence-electron chi connectivity index (χ4n) is 4.20. The van der Waals surface area contributed by atoms with Gasteiger partial charge in [0.05, 0.1) is 17.3 Å². The van der Waals surface area contributed by atoms with Crippen molar-refractivity contribution < 1.29 is 19.5 Å². The lowest BCUT2D eigenvalue weighted by molar-refractivity contribution is -0.147. The van der Waals surface area contributed by atoms with E-state index in [0.29, 0.717) is 25.1 Å². The van der Waals surface area contributed by atoms with Crippen molar-refractivity contribution in [3.8, 4) is 0 Å². The summed E-state index contributed by atoms with van der Waals surface area (Å²) in [5.74, 6) is -2.21. The molecule has 6 nitrogen and oxygen atoms in total. The lowest BCUT2D eigenvalue weighted by Gasteiger charge is -2.27. The Hall–Kier alpha value is -2.37. The van der Waals surface area contributed by atoms with Crippen LogP contribution in [-0.2, 0) is 19.8 Å². The number of fused-ring (bicyclic) bond motifs is 1. The van der Waals surface area contributed by atoms with Crippen molar-refractivity contribution in [1.82, 2.24) is 0 Å². The van der Waals surface area contributed by atoms with Crippen molar-refractivity contribution in [3.05, 3.63) is 23.8 Å². The van der Waals surface area contributed by atoms with E-state index < -0.39 is 23.2 Å². The number of nitrogens with one attached hydrogen (secondary N) is 1. The molecule has 0 aromatic heterocycles. The third kappa shape index (κ3) is 2.97. The van der Waals surface area contributed by atoms with Crippen LogP contribution in [0.4, 0.5) is 11.4 Å². The smallest absolute Gasteiger partial charge is 0.307 e. The molecule has 1 fully saturated rings. The number of likely N-dealkylation sites (N-methyl/N-ethyl adjacent to an activating group) is 1. The minimum atomic E-state index is -0.899. The van der Waals surface area contributed by atoms with E-state index >= 15 is 0 Å². The first-order chi connectivity index (χ1) is 12.3. The average Bonchev–Trinajstić information content (AvgIpc) is 2.81. The Morgan fingerprint density at radius 1 is 1.23 bits per heavy atom. The van der Waals surface area contributed by atoms with Gasteiger partial charge in [0.2, 0.25) is 11.8 Å². The number of nitrogens with zero attached hydrogens (tertiary/aromatic N) is 1. The van der Waals surface area contributed by atoms with E-state index in [0.717, 1.165) is 24.1 Å². The number of carboxylic acid groups (broad SMARTS) is 1. The molecule has 26 heavy (non-hydrogen) atoms. The number of carboxylic acids is 1. The van der Waals surface area contributed by atoms with Gasteiger partial charge < -0.3 is 15.3 Å². The molecule has 1 aliphatic carbocycles. The van der Waals surface area contributed by atoms with Crippen molar-refractivity contribution in [2.24, 2.45) is 11.8 Å². The molecule has 1 aromatic rings. The third-order valence-corrected chi connectivity index (χ3v) is 5.74. The summed E-state index contributed by atoms with van der Waals surface area (Å²) in [6, 6.07) is 5.49. The maximum atomic E-state index is 12.7. The summed E-state index contributed by atoms with van der Waals surface area (Å²) >= 11 is 0. The lowest BCUT2D eigenvalue weighted by Crippen LogP contribution is -2.36. The zero-order valence-corrected chi connectivity index (χ0v) is 15.5. The molecule has 2 aliphatic rings. The number of hydrogen-bond acceptors (Lipinski definition) is 3. The number of amides is 2. The van der Waals surface area contributed by atoms with Crippen LogP contribution in [0.15, 0.2) is 18.2 Å². The first-order valence-corrected chi connectivity index (χ1v) is 9.27. The first-order valence-electron chi connectivity index (χ1n) is 9.27. The molecule has 1 aromatic carbocycles. The number of rotatable bonds is 4. The molecule has 2 N–H and O–H groups in total. The van der Waals surface area contributed by atoms with Gasteiger partial charge in [0.1, 0.15) is 0 Å². The van der Waals surface area contributed by atoms with Crippen LogP contribution >= 0.6 is 0 Å². The van der Waals surface area contributed by atoms with Crippen molar-refractivity contribution in [1.29, 1.82) is 0 Å². The SMILES string of the molecule is CCN1C(=O)C(C)(C)c2cc(NC(=O)[C@@H]3CCCC[C@H]3C(=O)O)ccc21. The van der Waals surface area contributed by atoms with Gasteiger partial charge in [-0.25, -0.2) is 0 Å². The first kappa shape index (κ1) is 18.4. The monoisotopic (exact) mass is 358 g/mol. The Morgan fingerprint density at radius 2 is 1.88 bits per heavy atom. The van der Waals surface area contributed by atoms with E-state index in [1.807, 2.05) is 32.9 Å². The molecule has 2 amide bonds. The standard InChI is InChI=1S/C20H26N2O4/c1-4-22-16-10-9-12(11-15(16)20(2,3)19(22)26)21-17(23)13-7-5-6-8-14(13)18(24)25/h9-11,13-14H,4-8H2,1-3H3,(H,21,23)(H,24,25)/t13-,14-/m1/s1. The molecule has 3 rings (SSSR count). The van der Waals surface area contributed by atoms with Crippen molar-refractivity contribution >= 4 is 29.2 Å². The molecule has 0 bridgehead atoms. The van der Waals surface area contributed by atoms with Gasteiger partial charge in [0.25, 0.3) is 0 Å². The summed E-state index contributed by atoms with van der Waals surface area (Å²) in [5, 5.41) is 12.3. The van der Waals surface area contributed by atoms with Crippen LogP contribution in [0.5, 0.6) is 0 Å². The minimum absolute atomic E-state index is 0.0525. The van der Waals surface area contributed by atoms with E-state index in [-0.39, 0.29) is 11.8 Å². The van der Waals surface area contributed by atoms with Gasteiger partial charge in [-0.15, -0.1) is 0 Å². The summed E-state index contributed by atoms with van der Waals surface area (Å²) in [6.45, 7) is 6.31. The quantitative estimate of drug-likeness (QED) is 0.865. The third-order valence-electron chi connectivity index (χ3n) is 5.74. The number of carbonyl (C=O) groups is 3. The molecule has 1 heterocycles. The summed E-state index contributed by atoms with van der Waals surface area (Å²) in [4.78, 5) is 38.5. The largest absolute Gasteiger partial charge is 0.481 e. The van der Waals surface area contributed by atoms with Crippen LogP contribution in [0, 0.1) is 11.8 Å². The van der Waals surface area contributed by atoms with Gasteiger partial charge in [-0.2, -0.15) is 0 Å². The van der Waals surface area contributed by atoms with Crippen LogP contribution in [0.3, 0.4) is 0 Å². The summed E-state index contributed by atoms with van der Waals surface area (Å²) in [5.41, 5.74) is 1.74. The molecule has 1 saturated carbocycles. The van der Waals surface area contributed by atoms with Crippen molar-refractivity contribution in [2.75, 3.05) is 16.8 Å². The second-order valence-corrected chi connectivity index (χ2v) is 7.73. The normalized spacial score (nSPS) is 24.3. The van der Waals surface area contributed by atoms with Crippen LogP contribution in [0.25, 0.3) is 0 Å². The average molecular weight is 358 g/mol. The minimum Gasteiger partial charge on any atom is -0.481 e. The molecule has 1 aliphatic heterocycles. The molecule has 2 atom stereocenters. The molecular formula is C20H26N2O4. The highest BCUT2D eigenvalue weighted by molar-refractivity contribution is 6.08.